The second kappa shape index (κ2) is 5.74. The molecule has 1 fully saturated rings. The van der Waals surface area contributed by atoms with E-state index in [1.807, 2.05) is 6.07 Å². The van der Waals surface area contributed by atoms with Gasteiger partial charge in [-0.1, -0.05) is 6.92 Å². The molecule has 1 heterocycles. The number of ether oxygens (including phenoxy) is 1. The maximum Gasteiger partial charge on any atom is 0.133 e. The van der Waals surface area contributed by atoms with Gasteiger partial charge >= 0.3 is 0 Å². The molecule has 3 nitrogen and oxygen atoms in total. The molecule has 0 radical (unpaired) electrons. The van der Waals surface area contributed by atoms with E-state index in [0.29, 0.717) is 6.04 Å². The molecular weight excluding hydrogens is 280 g/mol. The second-order valence-corrected chi connectivity index (χ2v) is 5.18. The van der Waals surface area contributed by atoms with E-state index in [4.69, 9.17) is 4.74 Å². The standard InChI is InChI=1S/C13H19BrN2O/c1-3-10-9-16(7-6-15-10)11-4-5-13(17-2)12(14)8-11/h4-5,8,10,15H,3,6-7,9H2,1-2H3. The van der Waals surface area contributed by atoms with Crippen LogP contribution >= 0.6 is 15.9 Å². The van der Waals surface area contributed by atoms with Gasteiger partial charge in [0.2, 0.25) is 0 Å². The highest BCUT2D eigenvalue weighted by molar-refractivity contribution is 9.10. The summed E-state index contributed by atoms with van der Waals surface area (Å²) in [4.78, 5) is 2.43. The summed E-state index contributed by atoms with van der Waals surface area (Å²) >= 11 is 3.54. The summed E-state index contributed by atoms with van der Waals surface area (Å²) in [7, 11) is 1.69. The number of methoxy groups -OCH3 is 1. The molecule has 1 atom stereocenters. The molecule has 1 unspecified atom stereocenters. The van der Waals surface area contributed by atoms with Gasteiger partial charge < -0.3 is 15.0 Å². The fraction of sp³-hybridized carbons (Fsp3) is 0.538. The zero-order valence-electron chi connectivity index (χ0n) is 10.4. The lowest BCUT2D eigenvalue weighted by Gasteiger charge is -2.35. The summed E-state index contributed by atoms with van der Waals surface area (Å²) < 4.78 is 6.27. The minimum absolute atomic E-state index is 0.602. The summed E-state index contributed by atoms with van der Waals surface area (Å²) in [5.41, 5.74) is 1.26. The van der Waals surface area contributed by atoms with Gasteiger partial charge in [-0.15, -0.1) is 0 Å². The Bertz CT molecular complexity index is 384. The maximum absolute atomic E-state index is 5.25. The molecule has 1 aromatic rings. The molecule has 0 aromatic heterocycles. The maximum atomic E-state index is 5.25. The van der Waals surface area contributed by atoms with Gasteiger partial charge in [-0.25, -0.2) is 0 Å². The van der Waals surface area contributed by atoms with Gasteiger partial charge in [0.25, 0.3) is 0 Å². The van der Waals surface area contributed by atoms with Crippen LogP contribution in [0.1, 0.15) is 13.3 Å². The van der Waals surface area contributed by atoms with Crippen molar-refractivity contribution in [2.75, 3.05) is 31.6 Å². The number of halogens is 1. The number of hydrogen-bond donors (Lipinski definition) is 1. The third kappa shape index (κ3) is 2.93. The second-order valence-electron chi connectivity index (χ2n) is 4.32. The van der Waals surface area contributed by atoms with Crippen molar-refractivity contribution in [3.05, 3.63) is 22.7 Å². The van der Waals surface area contributed by atoms with E-state index in [-0.39, 0.29) is 0 Å². The highest BCUT2D eigenvalue weighted by Crippen LogP contribution is 2.30. The van der Waals surface area contributed by atoms with Gasteiger partial charge in [0.1, 0.15) is 5.75 Å². The van der Waals surface area contributed by atoms with Crippen LogP contribution < -0.4 is 15.0 Å². The predicted octanol–water partition coefficient (Wildman–Crippen LogP) is 2.65. The Morgan fingerprint density at radius 2 is 2.35 bits per heavy atom. The van der Waals surface area contributed by atoms with Crippen LogP contribution in [0.3, 0.4) is 0 Å². The lowest BCUT2D eigenvalue weighted by atomic mass is 10.1. The number of hydrogen-bond acceptors (Lipinski definition) is 3. The summed E-state index contributed by atoms with van der Waals surface area (Å²) in [6, 6.07) is 6.88. The molecular formula is C13H19BrN2O. The first kappa shape index (κ1) is 12.7. The van der Waals surface area contributed by atoms with Crippen LogP contribution in [0.25, 0.3) is 0 Å². The van der Waals surface area contributed by atoms with Crippen molar-refractivity contribution in [2.45, 2.75) is 19.4 Å². The molecule has 17 heavy (non-hydrogen) atoms. The molecule has 0 saturated carbocycles. The zero-order chi connectivity index (χ0) is 12.3. The van der Waals surface area contributed by atoms with Crippen LogP contribution in [0.15, 0.2) is 22.7 Å². The number of nitrogens with one attached hydrogen (secondary N) is 1. The number of rotatable bonds is 3. The largest absolute Gasteiger partial charge is 0.496 e. The van der Waals surface area contributed by atoms with Crippen LogP contribution in [-0.2, 0) is 0 Å². The SMILES string of the molecule is CCC1CN(c2ccc(OC)c(Br)c2)CCN1. The highest BCUT2D eigenvalue weighted by atomic mass is 79.9. The summed E-state index contributed by atoms with van der Waals surface area (Å²) in [5.74, 6) is 0.885. The molecule has 4 heteroatoms. The van der Waals surface area contributed by atoms with E-state index in [2.05, 4.69) is 45.2 Å². The van der Waals surface area contributed by atoms with Crippen molar-refractivity contribution in [1.29, 1.82) is 0 Å². The molecule has 0 amide bonds. The number of nitrogens with zero attached hydrogens (tertiary/aromatic N) is 1. The summed E-state index contributed by atoms with van der Waals surface area (Å²) in [5, 5.41) is 3.53. The van der Waals surface area contributed by atoms with Crippen LogP contribution in [0.4, 0.5) is 5.69 Å². The van der Waals surface area contributed by atoms with E-state index >= 15 is 0 Å². The zero-order valence-corrected chi connectivity index (χ0v) is 12.0. The Kier molecular flexibility index (Phi) is 4.29. The minimum Gasteiger partial charge on any atom is -0.496 e. The molecule has 1 aromatic carbocycles. The van der Waals surface area contributed by atoms with E-state index < -0.39 is 0 Å². The highest BCUT2D eigenvalue weighted by Gasteiger charge is 2.18. The molecule has 1 saturated heterocycles. The molecule has 0 bridgehead atoms. The van der Waals surface area contributed by atoms with E-state index in [1.54, 1.807) is 7.11 Å². The number of anilines is 1. The normalized spacial score (nSPS) is 20.4. The van der Waals surface area contributed by atoms with Crippen LogP contribution in [-0.4, -0.2) is 32.8 Å². The Balaban J connectivity index is 2.13. The van der Waals surface area contributed by atoms with Gasteiger partial charge in [-0.3, -0.25) is 0 Å². The van der Waals surface area contributed by atoms with Crippen molar-refractivity contribution in [3.8, 4) is 5.75 Å². The van der Waals surface area contributed by atoms with Gasteiger partial charge in [0, 0.05) is 31.4 Å². The monoisotopic (exact) mass is 298 g/mol. The van der Waals surface area contributed by atoms with E-state index in [9.17, 15) is 0 Å². The Morgan fingerprint density at radius 1 is 1.53 bits per heavy atom. The average Bonchev–Trinajstić information content (AvgIpc) is 2.38. The van der Waals surface area contributed by atoms with Crippen molar-refractivity contribution >= 4 is 21.6 Å². The van der Waals surface area contributed by atoms with Gasteiger partial charge in [0.05, 0.1) is 11.6 Å². The Labute approximate surface area is 111 Å². The molecule has 1 aliphatic heterocycles. The van der Waals surface area contributed by atoms with Crippen molar-refractivity contribution < 1.29 is 4.74 Å². The lowest BCUT2D eigenvalue weighted by molar-refractivity contribution is 0.412. The number of piperazine rings is 1. The van der Waals surface area contributed by atoms with E-state index in [0.717, 1.165) is 29.9 Å². The molecule has 0 aliphatic carbocycles. The van der Waals surface area contributed by atoms with Gasteiger partial charge in [-0.2, -0.15) is 0 Å². The van der Waals surface area contributed by atoms with Crippen LogP contribution in [0, 0.1) is 0 Å². The van der Waals surface area contributed by atoms with Crippen LogP contribution in [0.5, 0.6) is 5.75 Å². The van der Waals surface area contributed by atoms with Gasteiger partial charge in [-0.05, 0) is 40.5 Å². The first-order chi connectivity index (χ1) is 8.24. The fourth-order valence-electron chi connectivity index (χ4n) is 2.19. The molecule has 1 aliphatic rings. The third-order valence-corrected chi connectivity index (χ3v) is 3.87. The van der Waals surface area contributed by atoms with Crippen LogP contribution in [0.2, 0.25) is 0 Å². The minimum atomic E-state index is 0.602. The number of benzene rings is 1. The molecule has 1 N–H and O–H groups in total. The summed E-state index contributed by atoms with van der Waals surface area (Å²) in [6.07, 6.45) is 1.17. The van der Waals surface area contributed by atoms with Crippen molar-refractivity contribution in [2.24, 2.45) is 0 Å². The first-order valence-corrected chi connectivity index (χ1v) is 6.85. The third-order valence-electron chi connectivity index (χ3n) is 3.25. The first-order valence-electron chi connectivity index (χ1n) is 6.06. The van der Waals surface area contributed by atoms with E-state index in [1.165, 1.54) is 12.1 Å². The van der Waals surface area contributed by atoms with Crippen molar-refractivity contribution in [3.63, 3.8) is 0 Å². The Morgan fingerprint density at radius 3 is 3.00 bits per heavy atom. The fourth-order valence-corrected chi connectivity index (χ4v) is 2.71. The predicted molar refractivity (Wildman–Crippen MR) is 75.0 cm³/mol. The van der Waals surface area contributed by atoms with Crippen molar-refractivity contribution in [1.82, 2.24) is 5.32 Å². The molecule has 94 valence electrons. The molecule has 0 spiro atoms. The van der Waals surface area contributed by atoms with Gasteiger partial charge in [0.15, 0.2) is 0 Å². The smallest absolute Gasteiger partial charge is 0.133 e. The lowest BCUT2D eigenvalue weighted by Crippen LogP contribution is -2.50. The quantitative estimate of drug-likeness (QED) is 0.928. The summed E-state index contributed by atoms with van der Waals surface area (Å²) in [6.45, 7) is 5.43. The molecule has 2 rings (SSSR count). The average molecular weight is 299 g/mol. The topological polar surface area (TPSA) is 24.5 Å². The Hall–Kier alpha value is -0.740.